The maximum absolute atomic E-state index is 12.3. The van der Waals surface area contributed by atoms with Gasteiger partial charge in [-0.25, -0.2) is 4.52 Å². The van der Waals surface area contributed by atoms with E-state index in [0.717, 1.165) is 11.2 Å². The van der Waals surface area contributed by atoms with Crippen molar-refractivity contribution in [2.45, 2.75) is 33.2 Å². The molecule has 0 fully saturated rings. The minimum absolute atomic E-state index is 0.149. The fraction of sp³-hybridized carbons (Fsp3) is 0.316. The molecule has 2 aromatic heterocycles. The molecule has 3 aromatic rings. The second-order valence-corrected chi connectivity index (χ2v) is 7.19. The molecule has 0 saturated heterocycles. The minimum atomic E-state index is -0.306. The van der Waals surface area contributed by atoms with E-state index in [0.29, 0.717) is 22.9 Å². The van der Waals surface area contributed by atoms with Crippen LogP contribution in [0.15, 0.2) is 36.5 Å². The SMILES string of the molecule is COc1cc(C(=O)NC(C)(C)C)ccc1Nc1nc2ccc(C)cn2n1. The van der Waals surface area contributed by atoms with E-state index in [4.69, 9.17) is 4.74 Å². The Balaban J connectivity index is 1.86. The molecular weight excluding hydrogens is 330 g/mol. The third kappa shape index (κ3) is 3.93. The van der Waals surface area contributed by atoms with Gasteiger partial charge in [-0.2, -0.15) is 4.98 Å². The highest BCUT2D eigenvalue weighted by Crippen LogP contribution is 2.28. The van der Waals surface area contributed by atoms with Crippen LogP contribution < -0.4 is 15.4 Å². The van der Waals surface area contributed by atoms with E-state index in [9.17, 15) is 4.79 Å². The molecule has 0 radical (unpaired) electrons. The molecule has 0 aliphatic rings. The fourth-order valence-electron chi connectivity index (χ4n) is 2.51. The van der Waals surface area contributed by atoms with E-state index in [1.807, 2.05) is 46.0 Å². The zero-order valence-electron chi connectivity index (χ0n) is 15.6. The van der Waals surface area contributed by atoms with Gasteiger partial charge in [0.05, 0.1) is 12.8 Å². The monoisotopic (exact) mass is 353 g/mol. The first kappa shape index (κ1) is 17.7. The van der Waals surface area contributed by atoms with Gasteiger partial charge in [0.25, 0.3) is 5.91 Å². The molecule has 0 aliphatic carbocycles. The van der Waals surface area contributed by atoms with Crippen molar-refractivity contribution in [2.75, 3.05) is 12.4 Å². The van der Waals surface area contributed by atoms with Gasteiger partial charge in [0.2, 0.25) is 5.95 Å². The zero-order valence-corrected chi connectivity index (χ0v) is 15.6. The Hall–Kier alpha value is -3.09. The first-order chi connectivity index (χ1) is 12.2. The number of carbonyl (C=O) groups excluding carboxylic acids is 1. The van der Waals surface area contributed by atoms with Gasteiger partial charge in [0.1, 0.15) is 5.75 Å². The number of amides is 1. The summed E-state index contributed by atoms with van der Waals surface area (Å²) in [4.78, 5) is 16.8. The molecule has 0 saturated carbocycles. The Labute approximate surface area is 152 Å². The summed E-state index contributed by atoms with van der Waals surface area (Å²) < 4.78 is 7.14. The standard InChI is InChI=1S/C19H23N5O2/c1-12-6-9-16-21-18(23-24(16)11-12)20-14-8-7-13(10-15(14)26-5)17(25)22-19(2,3)4/h6-11H,1-5H3,(H,20,23)(H,22,25). The highest BCUT2D eigenvalue weighted by molar-refractivity contribution is 5.95. The van der Waals surface area contributed by atoms with Crippen LogP contribution in [0, 0.1) is 6.92 Å². The number of methoxy groups -OCH3 is 1. The number of hydrogen-bond acceptors (Lipinski definition) is 5. The molecule has 7 nitrogen and oxygen atoms in total. The Morgan fingerprint density at radius 3 is 2.65 bits per heavy atom. The maximum atomic E-state index is 12.3. The fourth-order valence-corrected chi connectivity index (χ4v) is 2.51. The molecule has 1 aromatic carbocycles. The quantitative estimate of drug-likeness (QED) is 0.752. The Bertz CT molecular complexity index is 956. The molecule has 0 spiro atoms. The van der Waals surface area contributed by atoms with Crippen molar-refractivity contribution in [3.63, 3.8) is 0 Å². The zero-order chi connectivity index (χ0) is 18.9. The van der Waals surface area contributed by atoms with Crippen molar-refractivity contribution in [1.82, 2.24) is 19.9 Å². The van der Waals surface area contributed by atoms with Crippen LogP contribution in [-0.4, -0.2) is 33.2 Å². The van der Waals surface area contributed by atoms with E-state index in [1.54, 1.807) is 29.8 Å². The Kier molecular flexibility index (Phi) is 4.54. The molecule has 26 heavy (non-hydrogen) atoms. The second kappa shape index (κ2) is 6.67. The number of rotatable bonds is 4. The molecule has 0 atom stereocenters. The van der Waals surface area contributed by atoms with Crippen molar-refractivity contribution < 1.29 is 9.53 Å². The lowest BCUT2D eigenvalue weighted by Crippen LogP contribution is -2.40. The number of pyridine rings is 1. The highest BCUT2D eigenvalue weighted by Gasteiger charge is 2.17. The van der Waals surface area contributed by atoms with Gasteiger partial charge in [-0.3, -0.25) is 4.79 Å². The van der Waals surface area contributed by atoms with Crippen LogP contribution in [0.1, 0.15) is 36.7 Å². The number of fused-ring (bicyclic) bond motifs is 1. The normalized spacial score (nSPS) is 11.4. The van der Waals surface area contributed by atoms with Gasteiger partial charge in [0.15, 0.2) is 5.65 Å². The number of hydrogen-bond donors (Lipinski definition) is 2. The van der Waals surface area contributed by atoms with Crippen LogP contribution in [0.25, 0.3) is 5.65 Å². The van der Waals surface area contributed by atoms with Crippen LogP contribution in [0.3, 0.4) is 0 Å². The lowest BCUT2D eigenvalue weighted by Gasteiger charge is -2.21. The number of benzene rings is 1. The lowest BCUT2D eigenvalue weighted by molar-refractivity contribution is 0.0919. The molecule has 2 heterocycles. The average molecular weight is 353 g/mol. The van der Waals surface area contributed by atoms with Gasteiger partial charge < -0.3 is 15.4 Å². The molecule has 0 aliphatic heterocycles. The molecular formula is C19H23N5O2. The van der Waals surface area contributed by atoms with Gasteiger partial charge in [-0.1, -0.05) is 6.07 Å². The number of aryl methyl sites for hydroxylation is 1. The summed E-state index contributed by atoms with van der Waals surface area (Å²) in [5.41, 5.74) is 2.76. The summed E-state index contributed by atoms with van der Waals surface area (Å²) in [6, 6.07) is 9.12. The van der Waals surface area contributed by atoms with Crippen molar-refractivity contribution >= 4 is 23.2 Å². The summed E-state index contributed by atoms with van der Waals surface area (Å²) in [6.07, 6.45) is 1.91. The summed E-state index contributed by atoms with van der Waals surface area (Å²) >= 11 is 0. The first-order valence-electron chi connectivity index (χ1n) is 8.36. The summed E-state index contributed by atoms with van der Waals surface area (Å²) in [5, 5.41) is 10.5. The topological polar surface area (TPSA) is 80.5 Å². The predicted molar refractivity (Wildman–Crippen MR) is 101 cm³/mol. The molecule has 1 amide bonds. The smallest absolute Gasteiger partial charge is 0.251 e. The Morgan fingerprint density at radius 2 is 1.96 bits per heavy atom. The van der Waals surface area contributed by atoms with Gasteiger partial charge >= 0.3 is 0 Å². The number of carbonyl (C=O) groups is 1. The minimum Gasteiger partial charge on any atom is -0.495 e. The molecule has 7 heteroatoms. The van der Waals surface area contributed by atoms with E-state index in [-0.39, 0.29) is 11.4 Å². The summed E-state index contributed by atoms with van der Waals surface area (Å²) in [6.45, 7) is 7.82. The van der Waals surface area contributed by atoms with Crippen LogP contribution in [0.4, 0.5) is 11.6 Å². The third-order valence-corrected chi connectivity index (χ3v) is 3.68. The first-order valence-corrected chi connectivity index (χ1v) is 8.36. The molecule has 136 valence electrons. The van der Waals surface area contributed by atoms with Crippen molar-refractivity contribution in [1.29, 1.82) is 0 Å². The average Bonchev–Trinajstić information content (AvgIpc) is 2.94. The van der Waals surface area contributed by atoms with E-state index >= 15 is 0 Å². The van der Waals surface area contributed by atoms with E-state index in [2.05, 4.69) is 20.7 Å². The van der Waals surface area contributed by atoms with Crippen molar-refractivity contribution in [2.24, 2.45) is 0 Å². The summed E-state index contributed by atoms with van der Waals surface area (Å²) in [5.74, 6) is 0.853. The molecule has 0 unspecified atom stereocenters. The van der Waals surface area contributed by atoms with Crippen molar-refractivity contribution in [3.05, 3.63) is 47.7 Å². The molecule has 3 rings (SSSR count). The Morgan fingerprint density at radius 1 is 1.19 bits per heavy atom. The number of ether oxygens (including phenoxy) is 1. The largest absolute Gasteiger partial charge is 0.495 e. The van der Waals surface area contributed by atoms with Crippen molar-refractivity contribution in [3.8, 4) is 5.75 Å². The van der Waals surface area contributed by atoms with Gasteiger partial charge in [-0.05, 0) is 57.5 Å². The predicted octanol–water partition coefficient (Wildman–Crippen LogP) is 3.32. The van der Waals surface area contributed by atoms with Gasteiger partial charge in [-0.15, -0.1) is 5.10 Å². The van der Waals surface area contributed by atoms with Gasteiger partial charge in [0, 0.05) is 17.3 Å². The van der Waals surface area contributed by atoms with Crippen LogP contribution in [-0.2, 0) is 0 Å². The van der Waals surface area contributed by atoms with E-state index in [1.165, 1.54) is 0 Å². The second-order valence-electron chi connectivity index (χ2n) is 7.19. The third-order valence-electron chi connectivity index (χ3n) is 3.68. The maximum Gasteiger partial charge on any atom is 0.251 e. The van der Waals surface area contributed by atoms with Crippen LogP contribution >= 0.6 is 0 Å². The highest BCUT2D eigenvalue weighted by atomic mass is 16.5. The number of aromatic nitrogens is 3. The molecule has 2 N–H and O–H groups in total. The van der Waals surface area contributed by atoms with Crippen LogP contribution in [0.5, 0.6) is 5.75 Å². The molecule has 0 bridgehead atoms. The summed E-state index contributed by atoms with van der Waals surface area (Å²) in [7, 11) is 1.56. The number of anilines is 2. The van der Waals surface area contributed by atoms with E-state index < -0.39 is 0 Å². The number of nitrogens with one attached hydrogen (secondary N) is 2. The lowest BCUT2D eigenvalue weighted by atomic mass is 10.1. The van der Waals surface area contributed by atoms with Crippen LogP contribution in [0.2, 0.25) is 0 Å². The number of nitrogens with zero attached hydrogens (tertiary/aromatic N) is 3.